The van der Waals surface area contributed by atoms with Gasteiger partial charge in [0.25, 0.3) is 6.43 Å². The zero-order valence-corrected chi connectivity index (χ0v) is 14.3. The van der Waals surface area contributed by atoms with Gasteiger partial charge in [-0.15, -0.1) is 0 Å². The van der Waals surface area contributed by atoms with Gasteiger partial charge in [-0.1, -0.05) is 6.07 Å². The number of fused-ring (bicyclic) bond motifs is 1. The molecular weight excluding hydrogens is 312 g/mol. The molecule has 1 aliphatic rings. The van der Waals surface area contributed by atoms with Crippen molar-refractivity contribution in [3.8, 4) is 0 Å². The van der Waals surface area contributed by atoms with Crippen molar-refractivity contribution >= 4 is 16.9 Å². The van der Waals surface area contributed by atoms with Gasteiger partial charge in [-0.05, 0) is 51.3 Å². The maximum Gasteiger partial charge on any atom is 0.252 e. The van der Waals surface area contributed by atoms with E-state index in [9.17, 15) is 13.6 Å². The summed E-state index contributed by atoms with van der Waals surface area (Å²) in [7, 11) is 0. The molecule has 2 aromatic rings. The molecule has 0 unspecified atom stereocenters. The number of alkyl halides is 2. The average Bonchev–Trinajstić information content (AvgIpc) is 2.97. The second-order valence-electron chi connectivity index (χ2n) is 7.26. The zero-order valence-electron chi connectivity index (χ0n) is 14.3. The Balaban J connectivity index is 1.81. The molecule has 1 aromatic carbocycles. The Kier molecular flexibility index (Phi) is 4.32. The van der Waals surface area contributed by atoms with Crippen LogP contribution in [0.15, 0.2) is 18.2 Å². The van der Waals surface area contributed by atoms with E-state index >= 15 is 0 Å². The van der Waals surface area contributed by atoms with Crippen molar-refractivity contribution in [1.82, 2.24) is 14.9 Å². The first-order valence-electron chi connectivity index (χ1n) is 8.33. The monoisotopic (exact) mass is 335 g/mol. The fraction of sp³-hybridized carbons (Fsp3) is 0.556. The number of halogens is 2. The quantitative estimate of drug-likeness (QED) is 0.926. The second kappa shape index (κ2) is 6.15. The fourth-order valence-electron chi connectivity index (χ4n) is 3.22. The molecule has 1 aromatic heterocycles. The highest BCUT2D eigenvalue weighted by molar-refractivity contribution is 5.82. The number of carbonyl (C=O) groups excluding carboxylic acids is 1. The van der Waals surface area contributed by atoms with Gasteiger partial charge in [-0.3, -0.25) is 4.79 Å². The number of carbonyl (C=O) groups is 1. The average molecular weight is 335 g/mol. The summed E-state index contributed by atoms with van der Waals surface area (Å²) in [4.78, 5) is 22.0. The molecule has 1 amide bonds. The number of hydrogen-bond donors (Lipinski definition) is 1. The lowest BCUT2D eigenvalue weighted by Crippen LogP contribution is -2.48. The minimum atomic E-state index is -2.67. The second-order valence-corrected chi connectivity index (χ2v) is 7.26. The van der Waals surface area contributed by atoms with Gasteiger partial charge in [-0.2, -0.15) is 0 Å². The van der Waals surface area contributed by atoms with Crippen LogP contribution in [0.5, 0.6) is 0 Å². The summed E-state index contributed by atoms with van der Waals surface area (Å²) in [6.45, 7) is 5.62. The summed E-state index contributed by atoms with van der Waals surface area (Å²) in [5.41, 5.74) is 1.37. The Morgan fingerprint density at radius 1 is 1.42 bits per heavy atom. The summed E-state index contributed by atoms with van der Waals surface area (Å²) in [6.07, 6.45) is -0.969. The molecule has 0 bridgehead atoms. The van der Waals surface area contributed by atoms with Crippen LogP contribution >= 0.6 is 0 Å². The van der Waals surface area contributed by atoms with E-state index in [4.69, 9.17) is 0 Å². The standard InChI is InChI=1S/C18H23F2N3O/c1-11-6-7-13-14(9-11)22-15(21-13)12-5-4-8-23(10-12)17(24)18(2,3)16(19)20/h6-7,9,12,16H,4-5,8,10H2,1-3H3,(H,21,22)/t12-/m0/s1. The molecule has 1 atom stereocenters. The largest absolute Gasteiger partial charge is 0.342 e. The topological polar surface area (TPSA) is 49.0 Å². The number of rotatable bonds is 3. The van der Waals surface area contributed by atoms with E-state index in [1.165, 1.54) is 13.8 Å². The summed E-state index contributed by atoms with van der Waals surface area (Å²) in [6, 6.07) is 6.02. The number of aromatic nitrogens is 2. The van der Waals surface area contributed by atoms with Gasteiger partial charge in [0.15, 0.2) is 0 Å². The smallest absolute Gasteiger partial charge is 0.252 e. The lowest BCUT2D eigenvalue weighted by Gasteiger charge is -2.36. The summed E-state index contributed by atoms with van der Waals surface area (Å²) in [5, 5.41) is 0. The lowest BCUT2D eigenvalue weighted by atomic mass is 9.89. The highest BCUT2D eigenvalue weighted by Gasteiger charge is 2.42. The SMILES string of the molecule is Cc1ccc2nc([C@H]3CCCN(C(=O)C(C)(C)C(F)F)C3)[nH]c2c1. The van der Waals surface area contributed by atoms with Gasteiger partial charge in [-0.25, -0.2) is 13.8 Å². The molecule has 24 heavy (non-hydrogen) atoms. The van der Waals surface area contributed by atoms with Crippen LogP contribution < -0.4 is 0 Å². The van der Waals surface area contributed by atoms with Crippen molar-refractivity contribution in [2.75, 3.05) is 13.1 Å². The van der Waals surface area contributed by atoms with E-state index in [-0.39, 0.29) is 5.92 Å². The summed E-state index contributed by atoms with van der Waals surface area (Å²) in [5.74, 6) is 0.418. The minimum absolute atomic E-state index is 0.0591. The Morgan fingerprint density at radius 2 is 2.17 bits per heavy atom. The Labute approximate surface area is 140 Å². The van der Waals surface area contributed by atoms with E-state index in [2.05, 4.69) is 9.97 Å². The first-order valence-corrected chi connectivity index (χ1v) is 8.33. The molecule has 0 aliphatic carbocycles. The van der Waals surface area contributed by atoms with E-state index in [1.807, 2.05) is 25.1 Å². The number of piperidine rings is 1. The molecular formula is C18H23F2N3O. The highest BCUT2D eigenvalue weighted by Crippen LogP contribution is 2.32. The van der Waals surface area contributed by atoms with Crippen LogP contribution in [0.4, 0.5) is 8.78 Å². The first-order chi connectivity index (χ1) is 11.3. The third-order valence-corrected chi connectivity index (χ3v) is 4.85. The van der Waals surface area contributed by atoms with Crippen molar-refractivity contribution in [1.29, 1.82) is 0 Å². The molecule has 0 saturated carbocycles. The number of imidazole rings is 1. The van der Waals surface area contributed by atoms with E-state index in [1.54, 1.807) is 4.90 Å². The van der Waals surface area contributed by atoms with Gasteiger partial charge >= 0.3 is 0 Å². The van der Waals surface area contributed by atoms with Gasteiger partial charge in [0.05, 0.1) is 11.0 Å². The van der Waals surface area contributed by atoms with Crippen molar-refractivity contribution < 1.29 is 13.6 Å². The molecule has 1 saturated heterocycles. The van der Waals surface area contributed by atoms with Crippen LogP contribution in [0.25, 0.3) is 11.0 Å². The zero-order chi connectivity index (χ0) is 17.5. The number of aryl methyl sites for hydroxylation is 1. The summed E-state index contributed by atoms with van der Waals surface area (Å²) < 4.78 is 26.3. The number of H-pyrrole nitrogens is 1. The van der Waals surface area contributed by atoms with Crippen LogP contribution in [-0.4, -0.2) is 40.3 Å². The van der Waals surface area contributed by atoms with Crippen molar-refractivity contribution in [2.45, 2.75) is 46.0 Å². The third kappa shape index (κ3) is 3.01. The van der Waals surface area contributed by atoms with Crippen LogP contribution in [0.1, 0.15) is 44.0 Å². The molecule has 1 fully saturated rings. The molecule has 130 valence electrons. The Morgan fingerprint density at radius 3 is 2.88 bits per heavy atom. The van der Waals surface area contributed by atoms with Crippen molar-refractivity contribution in [3.05, 3.63) is 29.6 Å². The van der Waals surface area contributed by atoms with Gasteiger partial charge in [0.2, 0.25) is 5.91 Å². The number of benzene rings is 1. The van der Waals surface area contributed by atoms with E-state index < -0.39 is 17.7 Å². The van der Waals surface area contributed by atoms with E-state index in [0.29, 0.717) is 13.1 Å². The van der Waals surface area contributed by atoms with Gasteiger partial charge in [0, 0.05) is 19.0 Å². The van der Waals surface area contributed by atoms with Gasteiger partial charge in [0.1, 0.15) is 11.2 Å². The number of nitrogens with one attached hydrogen (secondary N) is 1. The maximum atomic E-state index is 13.1. The minimum Gasteiger partial charge on any atom is -0.342 e. The number of amides is 1. The molecule has 2 heterocycles. The first kappa shape index (κ1) is 16.9. The number of nitrogens with zero attached hydrogens (tertiary/aromatic N) is 2. The number of likely N-dealkylation sites (tertiary alicyclic amines) is 1. The van der Waals surface area contributed by atoms with E-state index in [0.717, 1.165) is 35.3 Å². The maximum absolute atomic E-state index is 13.1. The third-order valence-electron chi connectivity index (χ3n) is 4.85. The van der Waals surface area contributed by atoms with Crippen molar-refractivity contribution in [3.63, 3.8) is 0 Å². The molecule has 0 radical (unpaired) electrons. The normalized spacial score (nSPS) is 19.2. The highest BCUT2D eigenvalue weighted by atomic mass is 19.3. The van der Waals surface area contributed by atoms with Crippen LogP contribution in [0, 0.1) is 12.3 Å². The lowest BCUT2D eigenvalue weighted by molar-refractivity contribution is -0.150. The predicted octanol–water partition coefficient (Wildman–Crippen LogP) is 3.87. The Hall–Kier alpha value is -1.98. The van der Waals surface area contributed by atoms with Crippen LogP contribution in [-0.2, 0) is 4.79 Å². The van der Waals surface area contributed by atoms with Crippen LogP contribution in [0.2, 0.25) is 0 Å². The molecule has 6 heteroatoms. The molecule has 4 nitrogen and oxygen atoms in total. The molecule has 3 rings (SSSR count). The van der Waals surface area contributed by atoms with Crippen LogP contribution in [0.3, 0.4) is 0 Å². The molecule has 1 N–H and O–H groups in total. The Bertz CT molecular complexity index is 754. The van der Waals surface area contributed by atoms with Crippen molar-refractivity contribution in [2.24, 2.45) is 5.41 Å². The molecule has 1 aliphatic heterocycles. The predicted molar refractivity (Wildman–Crippen MR) is 89.2 cm³/mol. The summed E-state index contributed by atoms with van der Waals surface area (Å²) >= 11 is 0. The molecule has 0 spiro atoms. The number of hydrogen-bond acceptors (Lipinski definition) is 2. The number of aromatic amines is 1. The fourth-order valence-corrected chi connectivity index (χ4v) is 3.22. The van der Waals surface area contributed by atoms with Gasteiger partial charge < -0.3 is 9.88 Å².